The zero-order valence-corrected chi connectivity index (χ0v) is 14.9. The maximum atomic E-state index is 12.6. The summed E-state index contributed by atoms with van der Waals surface area (Å²) in [5.41, 5.74) is 0.850. The standard InChI is InChI=1S/C18H21F3N4O2/c1-22-9-6-12-7-10-25(11-8-12)16(26)14-4-2-13(3-5-14)15-23-17(27-24-15)18(19,20)21/h2-5,12,22H,6-11H2,1H3. The number of hydrogen-bond acceptors (Lipinski definition) is 5. The number of nitrogens with zero attached hydrogens (tertiary/aromatic N) is 3. The number of likely N-dealkylation sites (tertiary alicyclic amines) is 1. The van der Waals surface area contributed by atoms with Crippen LogP contribution in [0.5, 0.6) is 0 Å². The molecule has 1 aromatic heterocycles. The molecule has 3 rings (SSSR count). The molecule has 0 unspecified atom stereocenters. The van der Waals surface area contributed by atoms with Crippen LogP contribution < -0.4 is 5.32 Å². The van der Waals surface area contributed by atoms with Crippen molar-refractivity contribution in [3.63, 3.8) is 0 Å². The van der Waals surface area contributed by atoms with Gasteiger partial charge in [-0.15, -0.1) is 0 Å². The Morgan fingerprint density at radius 2 is 1.93 bits per heavy atom. The van der Waals surface area contributed by atoms with Crippen LogP contribution >= 0.6 is 0 Å². The number of rotatable bonds is 5. The molecule has 9 heteroatoms. The predicted octanol–water partition coefficient (Wildman–Crippen LogP) is 3.22. The number of carbonyl (C=O) groups excluding carboxylic acids is 1. The largest absolute Gasteiger partial charge is 0.471 e. The van der Waals surface area contributed by atoms with Crippen LogP contribution in [0.3, 0.4) is 0 Å². The Kier molecular flexibility index (Phi) is 5.79. The van der Waals surface area contributed by atoms with Crippen LogP contribution in [0.1, 0.15) is 35.5 Å². The van der Waals surface area contributed by atoms with Crippen LogP contribution in [0.2, 0.25) is 0 Å². The third-order valence-electron chi connectivity index (χ3n) is 4.76. The highest BCUT2D eigenvalue weighted by molar-refractivity contribution is 5.94. The minimum atomic E-state index is -4.68. The van der Waals surface area contributed by atoms with Crippen LogP contribution in [0.25, 0.3) is 11.4 Å². The molecule has 27 heavy (non-hydrogen) atoms. The molecule has 1 aromatic carbocycles. The molecule has 2 aromatic rings. The van der Waals surface area contributed by atoms with Gasteiger partial charge in [-0.3, -0.25) is 4.79 Å². The van der Waals surface area contributed by atoms with Gasteiger partial charge in [-0.2, -0.15) is 18.2 Å². The summed E-state index contributed by atoms with van der Waals surface area (Å²) in [4.78, 5) is 17.8. The smallest absolute Gasteiger partial charge is 0.339 e. The molecule has 0 aliphatic carbocycles. The third-order valence-corrected chi connectivity index (χ3v) is 4.76. The molecule has 2 heterocycles. The highest BCUT2D eigenvalue weighted by Gasteiger charge is 2.38. The molecule has 0 spiro atoms. The molecule has 1 amide bonds. The third kappa shape index (κ3) is 4.65. The molecule has 0 saturated carbocycles. The van der Waals surface area contributed by atoms with Crippen molar-refractivity contribution in [3.05, 3.63) is 35.7 Å². The van der Waals surface area contributed by atoms with Gasteiger partial charge in [-0.1, -0.05) is 17.3 Å². The SMILES string of the molecule is CNCCC1CCN(C(=O)c2ccc(-c3noc(C(F)(F)F)n3)cc2)CC1. The molecule has 0 atom stereocenters. The van der Waals surface area contributed by atoms with Gasteiger partial charge >= 0.3 is 12.1 Å². The van der Waals surface area contributed by atoms with E-state index in [1.54, 1.807) is 12.1 Å². The first-order chi connectivity index (χ1) is 12.9. The Morgan fingerprint density at radius 1 is 1.26 bits per heavy atom. The topological polar surface area (TPSA) is 71.3 Å². The number of benzene rings is 1. The quantitative estimate of drug-likeness (QED) is 0.860. The molecular weight excluding hydrogens is 361 g/mol. The minimum Gasteiger partial charge on any atom is -0.339 e. The summed E-state index contributed by atoms with van der Waals surface area (Å²) in [6.07, 6.45) is -1.61. The molecule has 1 aliphatic heterocycles. The van der Waals surface area contributed by atoms with Gasteiger partial charge in [0, 0.05) is 24.2 Å². The van der Waals surface area contributed by atoms with Crippen molar-refractivity contribution in [3.8, 4) is 11.4 Å². The Labute approximate surface area is 154 Å². The molecule has 1 N–H and O–H groups in total. The van der Waals surface area contributed by atoms with Crippen molar-refractivity contribution in [2.75, 3.05) is 26.7 Å². The number of piperidine rings is 1. The summed E-state index contributed by atoms with van der Waals surface area (Å²) in [7, 11) is 1.93. The average molecular weight is 382 g/mol. The van der Waals surface area contributed by atoms with Crippen molar-refractivity contribution < 1.29 is 22.5 Å². The summed E-state index contributed by atoms with van der Waals surface area (Å²) in [5, 5.41) is 6.49. The van der Waals surface area contributed by atoms with Crippen molar-refractivity contribution >= 4 is 5.91 Å². The van der Waals surface area contributed by atoms with E-state index in [4.69, 9.17) is 0 Å². The molecule has 6 nitrogen and oxygen atoms in total. The maximum absolute atomic E-state index is 12.6. The fraction of sp³-hybridized carbons (Fsp3) is 0.500. The molecular formula is C18H21F3N4O2. The van der Waals surface area contributed by atoms with Gasteiger partial charge < -0.3 is 14.7 Å². The summed E-state index contributed by atoms with van der Waals surface area (Å²) >= 11 is 0. The molecule has 1 aliphatic rings. The molecule has 0 bridgehead atoms. The van der Waals surface area contributed by atoms with Gasteiger partial charge in [0.2, 0.25) is 5.82 Å². The number of alkyl halides is 3. The van der Waals surface area contributed by atoms with E-state index < -0.39 is 12.1 Å². The van der Waals surface area contributed by atoms with Crippen LogP contribution in [0.4, 0.5) is 13.2 Å². The van der Waals surface area contributed by atoms with Gasteiger partial charge in [0.25, 0.3) is 5.91 Å². The van der Waals surface area contributed by atoms with Gasteiger partial charge in [0.1, 0.15) is 0 Å². The molecule has 0 radical (unpaired) electrons. The van der Waals surface area contributed by atoms with E-state index in [1.165, 1.54) is 12.1 Å². The van der Waals surface area contributed by atoms with Gasteiger partial charge in [0.05, 0.1) is 0 Å². The van der Waals surface area contributed by atoms with Crippen LogP contribution in [-0.4, -0.2) is 47.6 Å². The summed E-state index contributed by atoms with van der Waals surface area (Å²) in [6, 6.07) is 6.21. The van der Waals surface area contributed by atoms with Gasteiger partial charge in [-0.05, 0) is 50.9 Å². The molecule has 1 saturated heterocycles. The van der Waals surface area contributed by atoms with Crippen molar-refractivity contribution in [2.45, 2.75) is 25.4 Å². The van der Waals surface area contributed by atoms with Crippen LogP contribution in [0.15, 0.2) is 28.8 Å². The summed E-state index contributed by atoms with van der Waals surface area (Å²) in [5.74, 6) is -0.992. The van der Waals surface area contributed by atoms with Crippen molar-refractivity contribution in [1.29, 1.82) is 0 Å². The van der Waals surface area contributed by atoms with E-state index in [1.807, 2.05) is 11.9 Å². The van der Waals surface area contributed by atoms with E-state index in [2.05, 4.69) is 20.0 Å². The van der Waals surface area contributed by atoms with Gasteiger partial charge in [-0.25, -0.2) is 0 Å². The number of nitrogens with one attached hydrogen (secondary N) is 1. The number of aromatic nitrogens is 2. The lowest BCUT2D eigenvalue weighted by Crippen LogP contribution is -2.38. The van der Waals surface area contributed by atoms with Crippen LogP contribution in [-0.2, 0) is 6.18 Å². The van der Waals surface area contributed by atoms with Gasteiger partial charge in [0.15, 0.2) is 0 Å². The zero-order valence-electron chi connectivity index (χ0n) is 14.9. The summed E-state index contributed by atoms with van der Waals surface area (Å²) < 4.78 is 41.8. The monoisotopic (exact) mass is 382 g/mol. The first-order valence-electron chi connectivity index (χ1n) is 8.83. The van der Waals surface area contributed by atoms with E-state index >= 15 is 0 Å². The maximum Gasteiger partial charge on any atom is 0.471 e. The second-order valence-corrected chi connectivity index (χ2v) is 6.63. The lowest BCUT2D eigenvalue weighted by molar-refractivity contribution is -0.159. The van der Waals surface area contributed by atoms with Crippen LogP contribution in [0, 0.1) is 5.92 Å². The number of halogens is 3. The van der Waals surface area contributed by atoms with E-state index in [0.29, 0.717) is 17.0 Å². The first kappa shape index (κ1) is 19.3. The highest BCUT2D eigenvalue weighted by atomic mass is 19.4. The second-order valence-electron chi connectivity index (χ2n) is 6.63. The average Bonchev–Trinajstić information content (AvgIpc) is 3.17. The van der Waals surface area contributed by atoms with E-state index in [-0.39, 0.29) is 11.7 Å². The van der Waals surface area contributed by atoms with E-state index in [9.17, 15) is 18.0 Å². The summed E-state index contributed by atoms with van der Waals surface area (Å²) in [6.45, 7) is 2.41. The van der Waals surface area contributed by atoms with Crippen molar-refractivity contribution in [1.82, 2.24) is 20.4 Å². The second kappa shape index (κ2) is 8.08. The number of hydrogen-bond donors (Lipinski definition) is 1. The first-order valence-corrected chi connectivity index (χ1v) is 8.83. The molecule has 1 fully saturated rings. The Morgan fingerprint density at radius 3 is 2.48 bits per heavy atom. The number of carbonyl (C=O) groups is 1. The Hall–Kier alpha value is -2.42. The van der Waals surface area contributed by atoms with E-state index in [0.717, 1.165) is 38.9 Å². The van der Waals surface area contributed by atoms with Crippen molar-refractivity contribution in [2.24, 2.45) is 5.92 Å². The predicted molar refractivity (Wildman–Crippen MR) is 91.9 cm³/mol. The Bertz CT molecular complexity index is 766. The fourth-order valence-electron chi connectivity index (χ4n) is 3.17. The minimum absolute atomic E-state index is 0.0716. The lowest BCUT2D eigenvalue weighted by atomic mass is 9.93. The normalized spacial score (nSPS) is 15.9. The highest BCUT2D eigenvalue weighted by Crippen LogP contribution is 2.29. The molecule has 146 valence electrons. The zero-order chi connectivity index (χ0) is 19.4. The number of amides is 1. The fourth-order valence-corrected chi connectivity index (χ4v) is 3.17. The Balaban J connectivity index is 1.62. The lowest BCUT2D eigenvalue weighted by Gasteiger charge is -2.32.